The van der Waals surface area contributed by atoms with Gasteiger partial charge < -0.3 is 0 Å². The molecule has 1 heterocycles. The normalized spacial score (nSPS) is 17.7. The van der Waals surface area contributed by atoms with Gasteiger partial charge in [-0.1, -0.05) is 0 Å². The Morgan fingerprint density at radius 1 is 1.50 bits per heavy atom. The summed E-state index contributed by atoms with van der Waals surface area (Å²) >= 11 is 0. The van der Waals surface area contributed by atoms with Gasteiger partial charge in [-0.25, -0.2) is 0 Å². The molecule has 0 aliphatic carbocycles. The molecule has 0 amide bonds. The second-order valence-corrected chi connectivity index (χ2v) is 2.61. The van der Waals surface area contributed by atoms with Crippen molar-refractivity contribution in [2.24, 2.45) is 4.99 Å². The predicted octanol–water partition coefficient (Wildman–Crippen LogP) is 2.02. The van der Waals surface area contributed by atoms with Crippen molar-refractivity contribution in [1.82, 2.24) is 0 Å². The third-order valence-electron chi connectivity index (χ3n) is 1.77. The standard InChI is InChI=1S/C9H13N/c1-2-3-6-9-7-4-5-8-10-9/h1H,3-8H2. The van der Waals surface area contributed by atoms with Crippen molar-refractivity contribution in [3.63, 3.8) is 0 Å². The van der Waals surface area contributed by atoms with E-state index >= 15 is 0 Å². The summed E-state index contributed by atoms with van der Waals surface area (Å²) in [6.45, 7) is 1.03. The summed E-state index contributed by atoms with van der Waals surface area (Å²) in [5.41, 5.74) is 1.34. The van der Waals surface area contributed by atoms with Crippen molar-refractivity contribution >= 4 is 5.71 Å². The molecule has 1 nitrogen and oxygen atoms in total. The summed E-state index contributed by atoms with van der Waals surface area (Å²) in [4.78, 5) is 4.39. The zero-order chi connectivity index (χ0) is 7.23. The quantitative estimate of drug-likeness (QED) is 0.514. The molecule has 0 aromatic rings. The first kappa shape index (κ1) is 7.34. The lowest BCUT2D eigenvalue weighted by molar-refractivity contribution is 0.725. The monoisotopic (exact) mass is 135 g/mol. The SMILES string of the molecule is C#CCCC1=NCCCC1. The fourth-order valence-electron chi connectivity index (χ4n) is 1.18. The van der Waals surface area contributed by atoms with Gasteiger partial charge in [0.05, 0.1) is 0 Å². The van der Waals surface area contributed by atoms with E-state index in [9.17, 15) is 0 Å². The Hall–Kier alpha value is -0.770. The zero-order valence-corrected chi connectivity index (χ0v) is 6.27. The first-order chi connectivity index (χ1) is 4.93. The molecule has 0 fully saturated rings. The number of nitrogens with zero attached hydrogens (tertiary/aromatic N) is 1. The van der Waals surface area contributed by atoms with E-state index in [2.05, 4.69) is 10.9 Å². The molecule has 0 aromatic heterocycles. The molecule has 0 N–H and O–H groups in total. The van der Waals surface area contributed by atoms with Gasteiger partial charge in [-0.3, -0.25) is 4.99 Å². The van der Waals surface area contributed by atoms with E-state index in [1.807, 2.05) is 0 Å². The first-order valence-corrected chi connectivity index (χ1v) is 3.89. The molecule has 54 valence electrons. The molecule has 10 heavy (non-hydrogen) atoms. The summed E-state index contributed by atoms with van der Waals surface area (Å²) in [5.74, 6) is 2.63. The highest BCUT2D eigenvalue weighted by Crippen LogP contribution is 2.09. The molecule has 0 atom stereocenters. The van der Waals surface area contributed by atoms with Gasteiger partial charge in [-0.05, 0) is 25.7 Å². The minimum absolute atomic E-state index is 0.860. The molecule has 0 saturated carbocycles. The molecule has 1 rings (SSSR count). The third kappa shape index (κ3) is 2.23. The van der Waals surface area contributed by atoms with E-state index < -0.39 is 0 Å². The highest BCUT2D eigenvalue weighted by molar-refractivity contribution is 5.85. The average molecular weight is 135 g/mol. The second kappa shape index (κ2) is 4.11. The maximum atomic E-state index is 5.14. The van der Waals surface area contributed by atoms with Gasteiger partial charge in [0, 0.05) is 18.7 Å². The lowest BCUT2D eigenvalue weighted by Gasteiger charge is -2.09. The molecule has 1 heteroatoms. The van der Waals surface area contributed by atoms with Crippen molar-refractivity contribution in [2.75, 3.05) is 6.54 Å². The van der Waals surface area contributed by atoms with Crippen LogP contribution < -0.4 is 0 Å². The highest BCUT2D eigenvalue weighted by atomic mass is 14.7. The van der Waals surface area contributed by atoms with E-state index in [0.29, 0.717) is 0 Å². The van der Waals surface area contributed by atoms with Crippen LogP contribution in [-0.4, -0.2) is 12.3 Å². The molecule has 0 bridgehead atoms. The molecule has 0 unspecified atom stereocenters. The van der Waals surface area contributed by atoms with E-state index in [1.54, 1.807) is 0 Å². The van der Waals surface area contributed by atoms with Gasteiger partial charge in [-0.2, -0.15) is 0 Å². The minimum atomic E-state index is 0.860. The Kier molecular flexibility index (Phi) is 3.02. The van der Waals surface area contributed by atoms with Crippen LogP contribution in [0.3, 0.4) is 0 Å². The number of hydrogen-bond acceptors (Lipinski definition) is 1. The summed E-state index contributed by atoms with van der Waals surface area (Å²) in [5, 5.41) is 0. The van der Waals surface area contributed by atoms with Crippen LogP contribution in [0.1, 0.15) is 32.1 Å². The van der Waals surface area contributed by atoms with Gasteiger partial charge in [0.15, 0.2) is 0 Å². The van der Waals surface area contributed by atoms with Crippen LogP contribution in [-0.2, 0) is 0 Å². The van der Waals surface area contributed by atoms with E-state index in [0.717, 1.165) is 19.4 Å². The van der Waals surface area contributed by atoms with Crippen LogP contribution in [0.15, 0.2) is 4.99 Å². The van der Waals surface area contributed by atoms with Gasteiger partial charge in [0.1, 0.15) is 0 Å². The van der Waals surface area contributed by atoms with Crippen LogP contribution in [0, 0.1) is 12.3 Å². The maximum Gasteiger partial charge on any atom is 0.0388 e. The Morgan fingerprint density at radius 2 is 2.40 bits per heavy atom. The average Bonchev–Trinajstić information content (AvgIpc) is 2.03. The topological polar surface area (TPSA) is 12.4 Å². The summed E-state index contributed by atoms with van der Waals surface area (Å²) in [7, 11) is 0. The van der Waals surface area contributed by atoms with Crippen LogP contribution in [0.5, 0.6) is 0 Å². The molecule has 0 aromatic carbocycles. The first-order valence-electron chi connectivity index (χ1n) is 3.89. The van der Waals surface area contributed by atoms with Gasteiger partial charge in [0.25, 0.3) is 0 Å². The fourth-order valence-corrected chi connectivity index (χ4v) is 1.18. The number of terminal acetylenes is 1. The van der Waals surface area contributed by atoms with Crippen LogP contribution in [0.25, 0.3) is 0 Å². The summed E-state index contributed by atoms with van der Waals surface area (Å²) in [6, 6.07) is 0. The van der Waals surface area contributed by atoms with Crippen molar-refractivity contribution in [2.45, 2.75) is 32.1 Å². The van der Waals surface area contributed by atoms with Crippen LogP contribution in [0.4, 0.5) is 0 Å². The van der Waals surface area contributed by atoms with Crippen LogP contribution >= 0.6 is 0 Å². The third-order valence-corrected chi connectivity index (χ3v) is 1.77. The van der Waals surface area contributed by atoms with Gasteiger partial charge >= 0.3 is 0 Å². The molecule has 1 aliphatic rings. The fraction of sp³-hybridized carbons (Fsp3) is 0.667. The van der Waals surface area contributed by atoms with E-state index in [-0.39, 0.29) is 0 Å². The lowest BCUT2D eigenvalue weighted by Crippen LogP contribution is -2.05. The Balaban J connectivity index is 2.26. The van der Waals surface area contributed by atoms with E-state index in [1.165, 1.54) is 25.0 Å². The maximum absolute atomic E-state index is 5.14. The number of aliphatic imine (C=N–C) groups is 1. The second-order valence-electron chi connectivity index (χ2n) is 2.61. The molecule has 0 radical (unpaired) electrons. The molecule has 0 spiro atoms. The molecule has 0 saturated heterocycles. The molecular formula is C9H13N. The van der Waals surface area contributed by atoms with Crippen LogP contribution in [0.2, 0.25) is 0 Å². The summed E-state index contributed by atoms with van der Waals surface area (Å²) in [6.07, 6.45) is 10.8. The number of hydrogen-bond donors (Lipinski definition) is 0. The minimum Gasteiger partial charge on any atom is -0.294 e. The number of rotatable bonds is 2. The van der Waals surface area contributed by atoms with Gasteiger partial charge in [-0.15, -0.1) is 12.3 Å². The van der Waals surface area contributed by atoms with Crippen molar-refractivity contribution in [3.8, 4) is 12.3 Å². The Morgan fingerprint density at radius 3 is 3.00 bits per heavy atom. The smallest absolute Gasteiger partial charge is 0.0388 e. The molecule has 1 aliphatic heterocycles. The Labute approximate surface area is 62.5 Å². The highest BCUT2D eigenvalue weighted by Gasteiger charge is 2.02. The summed E-state index contributed by atoms with van der Waals surface area (Å²) < 4.78 is 0. The van der Waals surface area contributed by atoms with Crippen molar-refractivity contribution < 1.29 is 0 Å². The van der Waals surface area contributed by atoms with Crippen molar-refractivity contribution in [3.05, 3.63) is 0 Å². The van der Waals surface area contributed by atoms with Gasteiger partial charge in [0.2, 0.25) is 0 Å². The van der Waals surface area contributed by atoms with E-state index in [4.69, 9.17) is 6.42 Å². The Bertz CT molecular complexity index is 162. The van der Waals surface area contributed by atoms with Crippen molar-refractivity contribution in [1.29, 1.82) is 0 Å². The zero-order valence-electron chi connectivity index (χ0n) is 6.27. The largest absolute Gasteiger partial charge is 0.294 e. The predicted molar refractivity (Wildman–Crippen MR) is 44.2 cm³/mol. The lowest BCUT2D eigenvalue weighted by atomic mass is 10.1. The molecular weight excluding hydrogens is 122 g/mol.